The van der Waals surface area contributed by atoms with E-state index in [1.54, 1.807) is 41.0 Å². The normalized spacial score (nSPS) is 12.7. The Hall–Kier alpha value is -2.85. The first-order valence-electron chi connectivity index (χ1n) is 10.0. The van der Waals surface area contributed by atoms with E-state index < -0.39 is 22.0 Å². The lowest BCUT2D eigenvalue weighted by Gasteiger charge is -2.29. The van der Waals surface area contributed by atoms with Crippen molar-refractivity contribution in [3.63, 3.8) is 0 Å². The summed E-state index contributed by atoms with van der Waals surface area (Å²) in [5.74, 6) is -0.157. The number of fused-ring (bicyclic) bond motifs is 1. The highest BCUT2D eigenvalue weighted by Crippen LogP contribution is 2.33. The van der Waals surface area contributed by atoms with Gasteiger partial charge in [-0.25, -0.2) is 8.42 Å². The molecule has 0 aliphatic heterocycles. The molecule has 10 heteroatoms. The van der Waals surface area contributed by atoms with Gasteiger partial charge in [0.15, 0.2) is 0 Å². The molecule has 32 heavy (non-hydrogen) atoms. The summed E-state index contributed by atoms with van der Waals surface area (Å²) in [6, 6.07) is 9.33. The quantitative estimate of drug-likeness (QED) is 0.559. The number of aryl methyl sites for hydroxylation is 1. The lowest BCUT2D eigenvalue weighted by molar-refractivity contribution is -0.116. The molecule has 1 amide bonds. The molecule has 3 rings (SSSR count). The molecule has 0 saturated carbocycles. The van der Waals surface area contributed by atoms with Gasteiger partial charge in [-0.3, -0.25) is 18.5 Å². The molecule has 0 unspecified atom stereocenters. The molecule has 0 spiro atoms. The van der Waals surface area contributed by atoms with E-state index in [0.717, 1.165) is 37.7 Å². The molecule has 172 valence electrons. The zero-order valence-electron chi connectivity index (χ0n) is 18.9. The summed E-state index contributed by atoms with van der Waals surface area (Å²) in [7, 11) is -2.35. The minimum Gasteiger partial charge on any atom is -0.495 e. The summed E-state index contributed by atoms with van der Waals surface area (Å²) >= 11 is 1.10. The number of anilines is 2. The van der Waals surface area contributed by atoms with Gasteiger partial charge in [0.1, 0.15) is 11.8 Å². The van der Waals surface area contributed by atoms with Crippen LogP contribution in [0.25, 0.3) is 10.2 Å². The predicted molar refractivity (Wildman–Crippen MR) is 130 cm³/mol. The van der Waals surface area contributed by atoms with Crippen LogP contribution in [0, 0.1) is 6.92 Å². The Labute approximate surface area is 191 Å². The lowest BCUT2D eigenvalue weighted by atomic mass is 10.2. The number of benzene rings is 2. The van der Waals surface area contributed by atoms with E-state index in [2.05, 4.69) is 5.32 Å². The zero-order chi connectivity index (χ0) is 23.8. The van der Waals surface area contributed by atoms with Crippen molar-refractivity contribution in [2.24, 2.45) is 0 Å². The summed E-state index contributed by atoms with van der Waals surface area (Å²) < 4.78 is 34.1. The highest BCUT2D eigenvalue weighted by molar-refractivity contribution is 7.92. The molecule has 0 bridgehead atoms. The van der Waals surface area contributed by atoms with Crippen LogP contribution in [-0.2, 0) is 14.8 Å². The largest absolute Gasteiger partial charge is 0.495 e. The first kappa shape index (κ1) is 23.8. The first-order valence-corrected chi connectivity index (χ1v) is 12.7. The first-order chi connectivity index (χ1) is 14.9. The molecule has 0 fully saturated rings. The second-order valence-corrected chi connectivity index (χ2v) is 10.8. The van der Waals surface area contributed by atoms with Gasteiger partial charge in [-0.15, -0.1) is 0 Å². The van der Waals surface area contributed by atoms with E-state index in [0.29, 0.717) is 17.1 Å². The number of amides is 1. The summed E-state index contributed by atoms with van der Waals surface area (Å²) in [6.07, 6.45) is 1.05. The van der Waals surface area contributed by atoms with E-state index >= 15 is 0 Å². The third-order valence-corrected chi connectivity index (χ3v) is 7.20. The van der Waals surface area contributed by atoms with E-state index in [1.807, 2.05) is 20.8 Å². The summed E-state index contributed by atoms with van der Waals surface area (Å²) in [5.41, 5.74) is 2.40. The fourth-order valence-corrected chi connectivity index (χ4v) is 5.83. The number of aromatic nitrogens is 1. The molecule has 8 nitrogen and oxygen atoms in total. The molecule has 0 radical (unpaired) electrons. The van der Waals surface area contributed by atoms with Gasteiger partial charge in [0, 0.05) is 11.7 Å². The number of sulfonamides is 1. The average molecular weight is 478 g/mol. The monoisotopic (exact) mass is 477 g/mol. The highest BCUT2D eigenvalue weighted by atomic mass is 32.2. The number of hydrogen-bond acceptors (Lipinski definition) is 6. The van der Waals surface area contributed by atoms with Gasteiger partial charge in [0.2, 0.25) is 15.9 Å². The number of thiazole rings is 1. The molecule has 1 aromatic heterocycles. The minimum absolute atomic E-state index is 0.0179. The van der Waals surface area contributed by atoms with Crippen LogP contribution in [-0.4, -0.2) is 38.3 Å². The average Bonchev–Trinajstić information content (AvgIpc) is 3.02. The molecule has 1 heterocycles. The van der Waals surface area contributed by atoms with Crippen LogP contribution in [0.4, 0.5) is 11.4 Å². The van der Waals surface area contributed by atoms with E-state index in [-0.39, 0.29) is 10.9 Å². The summed E-state index contributed by atoms with van der Waals surface area (Å²) in [5, 5.41) is 2.78. The van der Waals surface area contributed by atoms with Gasteiger partial charge in [-0.2, -0.15) is 0 Å². The summed E-state index contributed by atoms with van der Waals surface area (Å²) in [4.78, 5) is 25.3. The number of carbonyl (C=O) groups is 1. The van der Waals surface area contributed by atoms with Gasteiger partial charge in [-0.05, 0) is 63.6 Å². The predicted octanol–water partition coefficient (Wildman–Crippen LogP) is 3.75. The Morgan fingerprint density at radius 2 is 1.84 bits per heavy atom. The van der Waals surface area contributed by atoms with Gasteiger partial charge in [0.05, 0.1) is 29.3 Å². The van der Waals surface area contributed by atoms with Crippen molar-refractivity contribution in [2.75, 3.05) is 23.0 Å². The number of nitrogens with one attached hydrogen (secondary N) is 1. The molecule has 0 aliphatic rings. The van der Waals surface area contributed by atoms with Crippen LogP contribution in [0.2, 0.25) is 0 Å². The van der Waals surface area contributed by atoms with Crippen molar-refractivity contribution < 1.29 is 17.9 Å². The Morgan fingerprint density at radius 1 is 1.16 bits per heavy atom. The van der Waals surface area contributed by atoms with E-state index in [1.165, 1.54) is 14.0 Å². The topological polar surface area (TPSA) is 97.7 Å². The van der Waals surface area contributed by atoms with Gasteiger partial charge >= 0.3 is 4.87 Å². The van der Waals surface area contributed by atoms with Crippen LogP contribution in [0.5, 0.6) is 5.75 Å². The molecule has 1 atom stereocenters. The van der Waals surface area contributed by atoms with E-state index in [4.69, 9.17) is 4.74 Å². The smallest absolute Gasteiger partial charge is 0.308 e. The lowest BCUT2D eigenvalue weighted by Crippen LogP contribution is -2.45. The molecule has 0 aliphatic carbocycles. The fraction of sp³-hybridized carbons (Fsp3) is 0.364. The van der Waals surface area contributed by atoms with Crippen molar-refractivity contribution >= 4 is 48.9 Å². The third kappa shape index (κ3) is 4.66. The number of methoxy groups -OCH3 is 1. The second-order valence-electron chi connectivity index (χ2n) is 7.91. The fourth-order valence-electron chi connectivity index (χ4n) is 3.60. The molecule has 0 saturated heterocycles. The number of hydrogen-bond donors (Lipinski definition) is 1. The Bertz CT molecular complexity index is 1330. The molecule has 1 N–H and O–H groups in total. The maximum atomic E-state index is 13.1. The van der Waals surface area contributed by atoms with Crippen LogP contribution < -0.4 is 19.2 Å². The SMILES string of the molecule is COc1ccc(C)cc1N([C@H](C)C(=O)Nc1ccc2c(c1)sc(=O)n2C(C)C)S(C)(=O)=O. The minimum atomic E-state index is -3.80. The maximum Gasteiger partial charge on any atom is 0.308 e. The van der Waals surface area contributed by atoms with Crippen LogP contribution in [0.3, 0.4) is 0 Å². The van der Waals surface area contributed by atoms with Crippen LogP contribution >= 0.6 is 11.3 Å². The van der Waals surface area contributed by atoms with Gasteiger partial charge in [0.25, 0.3) is 0 Å². The Morgan fingerprint density at radius 3 is 2.44 bits per heavy atom. The molecular formula is C22H27N3O5S2. The summed E-state index contributed by atoms with van der Waals surface area (Å²) in [6.45, 7) is 7.22. The number of carbonyl (C=O) groups excluding carboxylic acids is 1. The van der Waals surface area contributed by atoms with Crippen molar-refractivity contribution in [3.8, 4) is 5.75 Å². The van der Waals surface area contributed by atoms with Crippen molar-refractivity contribution in [2.45, 2.75) is 39.8 Å². The van der Waals surface area contributed by atoms with Crippen molar-refractivity contribution in [1.29, 1.82) is 0 Å². The molecule has 2 aromatic carbocycles. The van der Waals surface area contributed by atoms with Crippen molar-refractivity contribution in [3.05, 3.63) is 51.6 Å². The number of nitrogens with zero attached hydrogens (tertiary/aromatic N) is 2. The molecule has 3 aromatic rings. The Balaban J connectivity index is 1.95. The van der Waals surface area contributed by atoms with Gasteiger partial charge in [-0.1, -0.05) is 17.4 Å². The third-order valence-electron chi connectivity index (χ3n) is 5.06. The Kier molecular flexibility index (Phi) is 6.66. The highest BCUT2D eigenvalue weighted by Gasteiger charge is 2.31. The number of rotatable bonds is 7. The van der Waals surface area contributed by atoms with E-state index in [9.17, 15) is 18.0 Å². The maximum absolute atomic E-state index is 13.1. The van der Waals surface area contributed by atoms with Crippen LogP contribution in [0.1, 0.15) is 32.4 Å². The van der Waals surface area contributed by atoms with Crippen LogP contribution in [0.15, 0.2) is 41.2 Å². The number of ether oxygens (including phenoxy) is 1. The zero-order valence-corrected chi connectivity index (χ0v) is 20.5. The van der Waals surface area contributed by atoms with Crippen molar-refractivity contribution in [1.82, 2.24) is 4.57 Å². The molecular weight excluding hydrogens is 450 g/mol. The standard InChI is InChI=1S/C22H27N3O5S2/c1-13(2)24-17-9-8-16(12-20(17)31-22(24)27)23-21(26)15(4)25(32(6,28)29)18-11-14(3)7-10-19(18)30-5/h7-13,15H,1-6H3,(H,23,26)/t15-/m1/s1. The van der Waals surface area contributed by atoms with Gasteiger partial charge < -0.3 is 10.1 Å². The second kappa shape index (κ2) is 8.95.